The van der Waals surface area contributed by atoms with Crippen molar-refractivity contribution in [3.05, 3.63) is 18.2 Å². The van der Waals surface area contributed by atoms with E-state index in [9.17, 15) is 9.90 Å². The molecule has 0 saturated heterocycles. The molecule has 5 nitrogen and oxygen atoms in total. The molecule has 0 spiro atoms. The third-order valence-corrected chi connectivity index (χ3v) is 5.94. The number of nitrogens with zero attached hydrogens (tertiary/aromatic N) is 3. The summed E-state index contributed by atoms with van der Waals surface area (Å²) in [5, 5.41) is 9.20. The summed E-state index contributed by atoms with van der Waals surface area (Å²) in [5.41, 5.74) is 3.25. The van der Waals surface area contributed by atoms with E-state index in [1.165, 1.54) is 11.4 Å². The highest BCUT2D eigenvalue weighted by molar-refractivity contribution is 6.18. The van der Waals surface area contributed by atoms with Crippen molar-refractivity contribution in [1.29, 1.82) is 0 Å². The van der Waals surface area contributed by atoms with E-state index in [2.05, 4.69) is 53.9 Å². The van der Waals surface area contributed by atoms with Gasteiger partial charge in [-0.2, -0.15) is 0 Å². The van der Waals surface area contributed by atoms with Gasteiger partial charge in [-0.25, -0.2) is 0 Å². The van der Waals surface area contributed by atoms with Crippen molar-refractivity contribution < 1.29 is 9.90 Å². The number of carbonyl (C=O) groups is 1. The summed E-state index contributed by atoms with van der Waals surface area (Å²) < 4.78 is 0. The van der Waals surface area contributed by atoms with E-state index < -0.39 is 5.97 Å². The number of aliphatic carboxylic acids is 1. The van der Waals surface area contributed by atoms with Gasteiger partial charge in [-0.1, -0.05) is 20.8 Å². The molecule has 2 rings (SSSR count). The predicted molar refractivity (Wildman–Crippen MR) is 121 cm³/mol. The number of alkyl halides is 2. The SMILES string of the molecule is CC(CC(C)(C)CC(=O)O)C1N(C)c2ccc(N(CCCl)CCCl)cc2N1C. The van der Waals surface area contributed by atoms with Gasteiger partial charge in [0, 0.05) is 44.6 Å². The van der Waals surface area contributed by atoms with Crippen molar-refractivity contribution in [2.24, 2.45) is 11.3 Å². The first-order valence-electron chi connectivity index (χ1n) is 9.79. The summed E-state index contributed by atoms with van der Waals surface area (Å²) >= 11 is 11.9. The lowest BCUT2D eigenvalue weighted by molar-refractivity contribution is -0.139. The van der Waals surface area contributed by atoms with Crippen LogP contribution in [0.3, 0.4) is 0 Å². The van der Waals surface area contributed by atoms with Gasteiger partial charge in [0.05, 0.1) is 17.8 Å². The van der Waals surface area contributed by atoms with Gasteiger partial charge in [0.15, 0.2) is 0 Å². The highest BCUT2D eigenvalue weighted by Gasteiger charge is 2.38. The average molecular weight is 430 g/mol. The second kappa shape index (κ2) is 9.45. The van der Waals surface area contributed by atoms with E-state index in [0.717, 1.165) is 25.2 Å². The van der Waals surface area contributed by atoms with Crippen molar-refractivity contribution in [3.8, 4) is 0 Å². The maximum Gasteiger partial charge on any atom is 0.303 e. The summed E-state index contributed by atoms with van der Waals surface area (Å²) in [7, 11) is 4.23. The molecule has 28 heavy (non-hydrogen) atoms. The fourth-order valence-corrected chi connectivity index (χ4v) is 5.04. The minimum Gasteiger partial charge on any atom is -0.481 e. The van der Waals surface area contributed by atoms with Crippen LogP contribution in [0.5, 0.6) is 0 Å². The summed E-state index contributed by atoms with van der Waals surface area (Å²) in [6.07, 6.45) is 1.21. The van der Waals surface area contributed by atoms with Gasteiger partial charge in [-0.05, 0) is 36.0 Å². The third kappa shape index (κ3) is 5.18. The average Bonchev–Trinajstić information content (AvgIpc) is 2.83. The molecule has 0 fully saturated rings. The number of carboxylic acid groups (broad SMARTS) is 1. The summed E-state index contributed by atoms with van der Waals surface area (Å²) in [6, 6.07) is 6.50. The molecule has 0 aliphatic carbocycles. The van der Waals surface area contributed by atoms with Crippen molar-refractivity contribution in [3.63, 3.8) is 0 Å². The van der Waals surface area contributed by atoms with E-state index in [1.807, 2.05) is 13.8 Å². The molecule has 2 unspecified atom stereocenters. The van der Waals surface area contributed by atoms with Crippen LogP contribution in [-0.4, -0.2) is 56.2 Å². The molecule has 0 bridgehead atoms. The van der Waals surface area contributed by atoms with E-state index in [-0.39, 0.29) is 18.0 Å². The van der Waals surface area contributed by atoms with E-state index in [0.29, 0.717) is 17.7 Å². The number of halogens is 2. The van der Waals surface area contributed by atoms with Crippen molar-refractivity contribution >= 4 is 46.2 Å². The Labute approximate surface area is 179 Å². The van der Waals surface area contributed by atoms with Crippen LogP contribution >= 0.6 is 23.2 Å². The minimum atomic E-state index is -0.739. The quantitative estimate of drug-likeness (QED) is 0.545. The second-order valence-corrected chi connectivity index (χ2v) is 9.35. The maximum absolute atomic E-state index is 11.2. The molecule has 2 atom stereocenters. The number of benzene rings is 1. The molecule has 7 heteroatoms. The molecule has 1 aromatic carbocycles. The molecule has 0 amide bonds. The van der Waals surface area contributed by atoms with Crippen LogP contribution < -0.4 is 14.7 Å². The first-order chi connectivity index (χ1) is 13.1. The smallest absolute Gasteiger partial charge is 0.303 e. The summed E-state index contributed by atoms with van der Waals surface area (Å²) in [5.74, 6) is 0.684. The number of fused-ring (bicyclic) bond motifs is 1. The molecule has 1 aliphatic heterocycles. The van der Waals surface area contributed by atoms with Gasteiger partial charge < -0.3 is 19.8 Å². The Kier molecular flexibility index (Phi) is 7.74. The lowest BCUT2D eigenvalue weighted by Crippen LogP contribution is -2.45. The molecule has 0 radical (unpaired) electrons. The second-order valence-electron chi connectivity index (χ2n) is 8.59. The number of anilines is 3. The minimum absolute atomic E-state index is 0.181. The zero-order valence-corrected chi connectivity index (χ0v) is 19.1. The highest BCUT2D eigenvalue weighted by Crippen LogP contribution is 2.44. The Hall–Kier alpha value is -1.33. The van der Waals surface area contributed by atoms with Crippen LogP contribution in [-0.2, 0) is 4.79 Å². The van der Waals surface area contributed by atoms with Crippen LogP contribution in [0.2, 0.25) is 0 Å². The Morgan fingerprint density at radius 3 is 2.29 bits per heavy atom. The Morgan fingerprint density at radius 1 is 1.18 bits per heavy atom. The molecule has 1 N–H and O–H groups in total. The van der Waals surface area contributed by atoms with Crippen molar-refractivity contribution in [2.75, 3.05) is 53.6 Å². The molecule has 0 aromatic heterocycles. The number of hydrogen-bond acceptors (Lipinski definition) is 4. The maximum atomic E-state index is 11.2. The third-order valence-electron chi connectivity index (χ3n) is 5.60. The zero-order valence-electron chi connectivity index (χ0n) is 17.6. The topological polar surface area (TPSA) is 47.0 Å². The normalized spacial score (nSPS) is 17.6. The van der Waals surface area contributed by atoms with Crippen molar-refractivity contribution in [1.82, 2.24) is 0 Å². The van der Waals surface area contributed by atoms with Crippen LogP contribution in [0.15, 0.2) is 18.2 Å². The Bertz CT molecular complexity index is 678. The fourth-order valence-electron chi connectivity index (χ4n) is 4.63. The summed E-state index contributed by atoms with van der Waals surface area (Å²) in [6.45, 7) is 7.80. The fraction of sp³-hybridized carbons (Fsp3) is 0.667. The van der Waals surface area contributed by atoms with Crippen molar-refractivity contribution in [2.45, 2.75) is 39.8 Å². The van der Waals surface area contributed by atoms with Gasteiger partial charge >= 0.3 is 5.97 Å². The monoisotopic (exact) mass is 429 g/mol. The Balaban J connectivity index is 2.23. The Morgan fingerprint density at radius 2 is 1.75 bits per heavy atom. The van der Waals surface area contributed by atoms with E-state index >= 15 is 0 Å². The van der Waals surface area contributed by atoms with Crippen LogP contribution in [0.1, 0.15) is 33.6 Å². The predicted octanol–water partition coefficient (Wildman–Crippen LogP) is 4.71. The summed E-state index contributed by atoms with van der Waals surface area (Å²) in [4.78, 5) is 18.0. The molecule has 0 saturated carbocycles. The van der Waals surface area contributed by atoms with Gasteiger partial charge in [0.2, 0.25) is 0 Å². The number of hydrogen-bond donors (Lipinski definition) is 1. The lowest BCUT2D eigenvalue weighted by atomic mass is 9.79. The molecule has 1 aliphatic rings. The van der Waals surface area contributed by atoms with Crippen LogP contribution in [0.4, 0.5) is 17.1 Å². The lowest BCUT2D eigenvalue weighted by Gasteiger charge is -2.37. The van der Waals surface area contributed by atoms with Gasteiger partial charge in [0.1, 0.15) is 6.17 Å². The van der Waals surface area contributed by atoms with E-state index in [1.54, 1.807) is 0 Å². The van der Waals surface area contributed by atoms with E-state index in [4.69, 9.17) is 23.2 Å². The molecular formula is C21H33Cl2N3O2. The van der Waals surface area contributed by atoms with Crippen LogP contribution in [0, 0.1) is 11.3 Å². The molecule has 158 valence electrons. The first-order valence-corrected chi connectivity index (χ1v) is 10.9. The molecule has 1 heterocycles. The van der Waals surface area contributed by atoms with Gasteiger partial charge in [0.25, 0.3) is 0 Å². The standard InChI is InChI=1S/C21H33Cl2N3O2/c1-15(13-21(2,3)14-19(27)28)20-24(4)17-7-6-16(12-18(17)25(20)5)26(10-8-22)11-9-23/h6-7,12,15,20H,8-11,13-14H2,1-5H3,(H,27,28). The molecule has 1 aromatic rings. The number of rotatable bonds is 10. The first kappa shape index (κ1) is 23.0. The van der Waals surface area contributed by atoms with Crippen LogP contribution in [0.25, 0.3) is 0 Å². The van der Waals surface area contributed by atoms with Gasteiger partial charge in [-0.3, -0.25) is 4.79 Å². The highest BCUT2D eigenvalue weighted by atomic mass is 35.5. The zero-order chi connectivity index (χ0) is 21.1. The largest absolute Gasteiger partial charge is 0.481 e. The number of carboxylic acids is 1. The van der Waals surface area contributed by atoms with Gasteiger partial charge in [-0.15, -0.1) is 23.2 Å². The molecular weight excluding hydrogens is 397 g/mol.